The van der Waals surface area contributed by atoms with Crippen LogP contribution in [0.25, 0.3) is 0 Å². The molecular weight excluding hydrogens is 243 g/mol. The van der Waals surface area contributed by atoms with Gasteiger partial charge in [-0.25, -0.2) is 0 Å². The van der Waals surface area contributed by atoms with Crippen molar-refractivity contribution in [1.82, 2.24) is 5.32 Å². The van der Waals surface area contributed by atoms with Crippen molar-refractivity contribution in [2.24, 2.45) is 17.3 Å². The predicted octanol–water partition coefficient (Wildman–Crippen LogP) is 2.98. The monoisotopic (exact) mass is 265 g/mol. The van der Waals surface area contributed by atoms with Crippen molar-refractivity contribution in [3.63, 3.8) is 0 Å². The summed E-state index contributed by atoms with van der Waals surface area (Å²) < 4.78 is 40.4. The molecule has 0 aliphatic heterocycles. The van der Waals surface area contributed by atoms with Gasteiger partial charge in [-0.2, -0.15) is 13.2 Å². The molecule has 2 saturated carbocycles. The standard InChI is InChI=1S/C13H22F3NO/c1-17-8-12(6-10-5-11(10)7-12)3-2-4-18-9-13(14,15)16/h10-11,17H,2-9H2,1H3. The molecule has 0 spiro atoms. The molecule has 0 aromatic rings. The summed E-state index contributed by atoms with van der Waals surface area (Å²) >= 11 is 0. The molecule has 1 N–H and O–H groups in total. The number of hydrogen-bond acceptors (Lipinski definition) is 2. The third-order valence-corrected chi connectivity index (χ3v) is 4.27. The van der Waals surface area contributed by atoms with Gasteiger partial charge in [-0.1, -0.05) is 0 Å². The molecule has 0 saturated heterocycles. The van der Waals surface area contributed by atoms with Crippen molar-refractivity contribution in [3.8, 4) is 0 Å². The molecular formula is C13H22F3NO. The van der Waals surface area contributed by atoms with Gasteiger partial charge in [0.25, 0.3) is 0 Å². The Morgan fingerprint density at radius 3 is 2.50 bits per heavy atom. The Bertz CT molecular complexity index is 270. The molecule has 2 unspecified atom stereocenters. The summed E-state index contributed by atoms with van der Waals surface area (Å²) in [5, 5.41) is 3.24. The lowest BCUT2D eigenvalue weighted by atomic mass is 9.79. The first kappa shape index (κ1) is 14.1. The number of fused-ring (bicyclic) bond motifs is 1. The van der Waals surface area contributed by atoms with Crippen molar-refractivity contribution >= 4 is 0 Å². The zero-order valence-electron chi connectivity index (χ0n) is 10.9. The van der Waals surface area contributed by atoms with Gasteiger partial charge in [-0.05, 0) is 56.4 Å². The molecule has 5 heteroatoms. The van der Waals surface area contributed by atoms with E-state index in [1.54, 1.807) is 0 Å². The van der Waals surface area contributed by atoms with Gasteiger partial charge in [0.05, 0.1) is 0 Å². The van der Waals surface area contributed by atoms with Crippen molar-refractivity contribution in [2.45, 2.75) is 38.3 Å². The van der Waals surface area contributed by atoms with Crippen LogP contribution in [0, 0.1) is 17.3 Å². The topological polar surface area (TPSA) is 21.3 Å². The first-order chi connectivity index (χ1) is 8.44. The molecule has 0 amide bonds. The third-order valence-electron chi connectivity index (χ3n) is 4.27. The fourth-order valence-corrected chi connectivity index (χ4v) is 3.55. The lowest BCUT2D eigenvalue weighted by Gasteiger charge is -2.30. The smallest absolute Gasteiger partial charge is 0.372 e. The lowest BCUT2D eigenvalue weighted by Crippen LogP contribution is -2.31. The fourth-order valence-electron chi connectivity index (χ4n) is 3.55. The molecule has 2 fully saturated rings. The summed E-state index contributed by atoms with van der Waals surface area (Å²) in [6.45, 7) is 0.0941. The highest BCUT2D eigenvalue weighted by Gasteiger charge is 2.52. The van der Waals surface area contributed by atoms with Crippen LogP contribution in [0.2, 0.25) is 0 Å². The van der Waals surface area contributed by atoms with Crippen LogP contribution in [0.1, 0.15) is 32.1 Å². The van der Waals surface area contributed by atoms with Crippen LogP contribution >= 0.6 is 0 Å². The summed E-state index contributed by atoms with van der Waals surface area (Å²) in [5.41, 5.74) is 0.323. The molecule has 106 valence electrons. The summed E-state index contributed by atoms with van der Waals surface area (Å²) in [6, 6.07) is 0. The Balaban J connectivity index is 1.64. The first-order valence-corrected chi connectivity index (χ1v) is 6.73. The highest BCUT2D eigenvalue weighted by Crippen LogP contribution is 2.61. The first-order valence-electron chi connectivity index (χ1n) is 6.73. The Kier molecular flexibility index (Phi) is 4.22. The molecule has 0 aromatic heterocycles. The molecule has 2 aliphatic carbocycles. The minimum Gasteiger partial charge on any atom is -0.372 e. The molecule has 2 atom stereocenters. The van der Waals surface area contributed by atoms with Crippen LogP contribution in [0.3, 0.4) is 0 Å². The Morgan fingerprint density at radius 1 is 1.28 bits per heavy atom. The largest absolute Gasteiger partial charge is 0.411 e. The van der Waals surface area contributed by atoms with Crippen molar-refractivity contribution in [1.29, 1.82) is 0 Å². The Morgan fingerprint density at radius 2 is 1.94 bits per heavy atom. The maximum Gasteiger partial charge on any atom is 0.411 e. The van der Waals surface area contributed by atoms with E-state index < -0.39 is 12.8 Å². The SMILES string of the molecule is CNCC1(CCCOCC(F)(F)F)CC2CC2C1. The van der Waals surface area contributed by atoms with Gasteiger partial charge in [0.1, 0.15) is 6.61 Å². The average Bonchev–Trinajstić information content (AvgIpc) is 2.85. The van der Waals surface area contributed by atoms with Crippen molar-refractivity contribution in [3.05, 3.63) is 0 Å². The fraction of sp³-hybridized carbons (Fsp3) is 1.00. The second-order valence-electron chi connectivity index (χ2n) is 5.97. The molecule has 0 aromatic carbocycles. The molecule has 2 rings (SSSR count). The van der Waals surface area contributed by atoms with E-state index in [4.69, 9.17) is 0 Å². The zero-order chi connectivity index (χ0) is 13.2. The van der Waals surface area contributed by atoms with E-state index >= 15 is 0 Å². The summed E-state index contributed by atoms with van der Waals surface area (Å²) in [7, 11) is 1.95. The molecule has 2 nitrogen and oxygen atoms in total. The van der Waals surface area contributed by atoms with E-state index in [1.165, 1.54) is 19.3 Å². The third kappa shape index (κ3) is 3.85. The van der Waals surface area contributed by atoms with Crippen LogP contribution in [0.15, 0.2) is 0 Å². The maximum atomic E-state index is 11.9. The van der Waals surface area contributed by atoms with Gasteiger partial charge in [0.2, 0.25) is 0 Å². The second-order valence-corrected chi connectivity index (χ2v) is 5.97. The molecule has 2 aliphatic rings. The van der Waals surface area contributed by atoms with E-state index in [0.29, 0.717) is 5.41 Å². The van der Waals surface area contributed by atoms with Gasteiger partial charge in [0.15, 0.2) is 0 Å². The van der Waals surface area contributed by atoms with Crippen LogP contribution in [-0.2, 0) is 4.74 Å². The van der Waals surface area contributed by atoms with Gasteiger partial charge < -0.3 is 10.1 Å². The van der Waals surface area contributed by atoms with E-state index in [0.717, 1.165) is 31.2 Å². The minimum absolute atomic E-state index is 0.223. The van der Waals surface area contributed by atoms with Gasteiger partial charge in [0, 0.05) is 13.2 Å². The number of hydrogen-bond donors (Lipinski definition) is 1. The van der Waals surface area contributed by atoms with Crippen LogP contribution in [0.5, 0.6) is 0 Å². The quantitative estimate of drug-likeness (QED) is 0.715. The van der Waals surface area contributed by atoms with E-state index in [9.17, 15) is 13.2 Å². The van der Waals surface area contributed by atoms with Gasteiger partial charge >= 0.3 is 6.18 Å². The normalized spacial score (nSPS) is 34.7. The predicted molar refractivity (Wildman–Crippen MR) is 63.3 cm³/mol. The van der Waals surface area contributed by atoms with Crippen molar-refractivity contribution < 1.29 is 17.9 Å². The highest BCUT2D eigenvalue weighted by atomic mass is 19.4. The number of ether oxygens (including phenoxy) is 1. The summed E-state index contributed by atoms with van der Waals surface area (Å²) in [4.78, 5) is 0. The van der Waals surface area contributed by atoms with Gasteiger partial charge in [-0.3, -0.25) is 0 Å². The Labute approximate surface area is 106 Å². The van der Waals surface area contributed by atoms with E-state index in [-0.39, 0.29) is 6.61 Å². The molecule has 0 heterocycles. The minimum atomic E-state index is -4.20. The second kappa shape index (κ2) is 5.37. The van der Waals surface area contributed by atoms with E-state index in [2.05, 4.69) is 10.1 Å². The van der Waals surface area contributed by atoms with Crippen LogP contribution in [0.4, 0.5) is 13.2 Å². The zero-order valence-corrected chi connectivity index (χ0v) is 10.9. The van der Waals surface area contributed by atoms with Gasteiger partial charge in [-0.15, -0.1) is 0 Å². The summed E-state index contributed by atoms with van der Waals surface area (Å²) in [5.74, 6) is 1.80. The highest BCUT2D eigenvalue weighted by molar-refractivity contribution is 5.03. The van der Waals surface area contributed by atoms with E-state index in [1.807, 2.05) is 7.05 Å². The number of halogens is 3. The average molecular weight is 265 g/mol. The number of rotatable bonds is 7. The number of nitrogens with one attached hydrogen (secondary N) is 1. The van der Waals surface area contributed by atoms with Crippen LogP contribution < -0.4 is 5.32 Å². The Hall–Kier alpha value is -0.290. The summed E-state index contributed by atoms with van der Waals surface area (Å²) in [6.07, 6.45) is 1.39. The molecule has 0 radical (unpaired) electrons. The van der Waals surface area contributed by atoms with Crippen molar-refractivity contribution in [2.75, 3.05) is 26.8 Å². The molecule has 0 bridgehead atoms. The molecule has 18 heavy (non-hydrogen) atoms. The van der Waals surface area contributed by atoms with Crippen LogP contribution in [-0.4, -0.2) is 33.0 Å². The lowest BCUT2D eigenvalue weighted by molar-refractivity contribution is -0.174. The number of alkyl halides is 3. The maximum absolute atomic E-state index is 11.9.